The van der Waals surface area contributed by atoms with Gasteiger partial charge in [-0.3, -0.25) is 4.79 Å². The highest BCUT2D eigenvalue weighted by atomic mass is 32.1. The number of thiocarbonyl (C=S) groups is 1. The lowest BCUT2D eigenvalue weighted by Crippen LogP contribution is -2.39. The monoisotopic (exact) mass is 265 g/mol. The molecular formula is C13H19N3OS. The number of hydrogen-bond donors (Lipinski definition) is 3. The fraction of sp³-hybridized carbons (Fsp3) is 0.385. The van der Waals surface area contributed by atoms with Crippen LogP contribution in [-0.4, -0.2) is 16.9 Å². The Balaban J connectivity index is 2.95. The number of carbonyl (C=O) groups is 1. The van der Waals surface area contributed by atoms with Gasteiger partial charge in [-0.2, -0.15) is 0 Å². The highest BCUT2D eigenvalue weighted by molar-refractivity contribution is 7.80. The number of primary amides is 1. The molecule has 0 aromatic heterocycles. The number of nitrogens with one attached hydrogen (secondary N) is 1. The zero-order valence-electron chi connectivity index (χ0n) is 10.9. The van der Waals surface area contributed by atoms with Gasteiger partial charge in [0.25, 0.3) is 0 Å². The van der Waals surface area contributed by atoms with Crippen LogP contribution in [0.1, 0.15) is 25.0 Å². The van der Waals surface area contributed by atoms with E-state index in [9.17, 15) is 4.79 Å². The van der Waals surface area contributed by atoms with Crippen LogP contribution in [-0.2, 0) is 4.79 Å². The lowest BCUT2D eigenvalue weighted by atomic mass is 10.0. The lowest BCUT2D eigenvalue weighted by Gasteiger charge is -2.20. The Morgan fingerprint density at radius 1 is 1.33 bits per heavy atom. The molecule has 18 heavy (non-hydrogen) atoms. The maximum Gasteiger partial charge on any atom is 0.240 e. The van der Waals surface area contributed by atoms with E-state index in [0.717, 1.165) is 16.8 Å². The van der Waals surface area contributed by atoms with Crippen LogP contribution in [0, 0.1) is 12.8 Å². The predicted molar refractivity (Wildman–Crippen MR) is 78.5 cm³/mol. The minimum Gasteiger partial charge on any atom is -0.389 e. The van der Waals surface area contributed by atoms with Crippen molar-refractivity contribution in [1.82, 2.24) is 0 Å². The van der Waals surface area contributed by atoms with Crippen LogP contribution < -0.4 is 16.8 Å². The van der Waals surface area contributed by atoms with Crippen LogP contribution in [0.4, 0.5) is 5.69 Å². The van der Waals surface area contributed by atoms with Gasteiger partial charge >= 0.3 is 0 Å². The predicted octanol–water partition coefficient (Wildman–Crippen LogP) is 1.55. The molecule has 0 radical (unpaired) electrons. The van der Waals surface area contributed by atoms with Crippen molar-refractivity contribution in [1.29, 1.82) is 0 Å². The fourth-order valence-electron chi connectivity index (χ4n) is 1.78. The molecule has 0 aliphatic heterocycles. The zero-order valence-corrected chi connectivity index (χ0v) is 11.7. The third kappa shape index (κ3) is 3.43. The van der Waals surface area contributed by atoms with Gasteiger partial charge in [0.2, 0.25) is 5.91 Å². The summed E-state index contributed by atoms with van der Waals surface area (Å²) in [6.07, 6.45) is 0. The molecular weight excluding hydrogens is 246 g/mol. The molecule has 0 bridgehead atoms. The van der Waals surface area contributed by atoms with E-state index in [0.29, 0.717) is 4.99 Å². The van der Waals surface area contributed by atoms with Gasteiger partial charge in [-0.15, -0.1) is 0 Å². The molecule has 0 fully saturated rings. The summed E-state index contributed by atoms with van der Waals surface area (Å²) in [5.41, 5.74) is 13.6. The van der Waals surface area contributed by atoms with Crippen molar-refractivity contribution in [3.63, 3.8) is 0 Å². The first-order valence-electron chi connectivity index (χ1n) is 5.79. The van der Waals surface area contributed by atoms with E-state index in [1.807, 2.05) is 39.0 Å². The van der Waals surface area contributed by atoms with Gasteiger partial charge < -0.3 is 16.8 Å². The number of carbonyl (C=O) groups excluding carboxylic acids is 1. The molecule has 1 amide bonds. The van der Waals surface area contributed by atoms with Crippen LogP contribution >= 0.6 is 12.2 Å². The van der Waals surface area contributed by atoms with E-state index in [-0.39, 0.29) is 17.9 Å². The minimum atomic E-state index is -0.389. The van der Waals surface area contributed by atoms with E-state index < -0.39 is 0 Å². The first kappa shape index (κ1) is 14.4. The number of amides is 1. The molecule has 4 nitrogen and oxygen atoms in total. The summed E-state index contributed by atoms with van der Waals surface area (Å²) < 4.78 is 0. The topological polar surface area (TPSA) is 81.1 Å². The Morgan fingerprint density at radius 2 is 1.94 bits per heavy atom. The second-order valence-electron chi connectivity index (χ2n) is 4.66. The number of aryl methyl sites for hydroxylation is 1. The number of nitrogens with two attached hydrogens (primary N) is 2. The summed E-state index contributed by atoms with van der Waals surface area (Å²) in [7, 11) is 0. The van der Waals surface area contributed by atoms with Gasteiger partial charge in [0, 0.05) is 11.3 Å². The van der Waals surface area contributed by atoms with Crippen molar-refractivity contribution in [2.45, 2.75) is 26.8 Å². The highest BCUT2D eigenvalue weighted by Gasteiger charge is 2.19. The number of anilines is 1. The summed E-state index contributed by atoms with van der Waals surface area (Å²) in [6.45, 7) is 5.81. The van der Waals surface area contributed by atoms with Crippen LogP contribution in [0.25, 0.3) is 0 Å². The summed E-state index contributed by atoms with van der Waals surface area (Å²) in [5, 5.41) is 3.13. The second kappa shape index (κ2) is 5.82. The lowest BCUT2D eigenvalue weighted by molar-refractivity contribution is -0.119. The number of rotatable bonds is 5. The summed E-state index contributed by atoms with van der Waals surface area (Å²) in [4.78, 5) is 11.7. The summed E-state index contributed by atoms with van der Waals surface area (Å²) in [6, 6.07) is 5.21. The molecule has 1 aromatic rings. The zero-order chi connectivity index (χ0) is 13.9. The standard InChI is InChI=1S/C13H19N3OS/c1-7(2)11(12(14)17)16-9-4-5-10(13(15)18)8(3)6-9/h4-7,11,16H,1-3H3,(H2,14,17)(H2,15,18). The molecule has 0 spiro atoms. The van der Waals surface area contributed by atoms with Crippen LogP contribution in [0.5, 0.6) is 0 Å². The molecule has 1 atom stereocenters. The molecule has 98 valence electrons. The quantitative estimate of drug-likeness (QED) is 0.706. The van der Waals surface area contributed by atoms with Crippen molar-refractivity contribution in [3.05, 3.63) is 29.3 Å². The van der Waals surface area contributed by atoms with Crippen molar-refractivity contribution >= 4 is 28.8 Å². The van der Waals surface area contributed by atoms with E-state index in [4.69, 9.17) is 23.7 Å². The molecule has 0 aliphatic carbocycles. The third-order valence-corrected chi connectivity index (χ3v) is 3.01. The molecule has 5 N–H and O–H groups in total. The van der Waals surface area contributed by atoms with Gasteiger partial charge in [0.1, 0.15) is 11.0 Å². The van der Waals surface area contributed by atoms with Gasteiger partial charge in [-0.1, -0.05) is 26.1 Å². The van der Waals surface area contributed by atoms with Crippen molar-refractivity contribution < 1.29 is 4.79 Å². The Morgan fingerprint density at radius 3 is 2.33 bits per heavy atom. The number of hydrogen-bond acceptors (Lipinski definition) is 3. The van der Waals surface area contributed by atoms with Gasteiger partial charge in [-0.25, -0.2) is 0 Å². The van der Waals surface area contributed by atoms with Crippen LogP contribution in [0.3, 0.4) is 0 Å². The van der Waals surface area contributed by atoms with Crippen molar-refractivity contribution in [2.75, 3.05) is 5.32 Å². The fourth-order valence-corrected chi connectivity index (χ4v) is 2.00. The molecule has 0 saturated heterocycles. The van der Waals surface area contributed by atoms with E-state index in [2.05, 4.69) is 5.32 Å². The highest BCUT2D eigenvalue weighted by Crippen LogP contribution is 2.17. The van der Waals surface area contributed by atoms with Gasteiger partial charge in [0.15, 0.2) is 0 Å². The molecule has 1 rings (SSSR count). The third-order valence-electron chi connectivity index (χ3n) is 2.79. The van der Waals surface area contributed by atoms with Crippen LogP contribution in [0.2, 0.25) is 0 Å². The normalized spacial score (nSPS) is 12.2. The molecule has 0 aliphatic rings. The molecule has 1 unspecified atom stereocenters. The molecule has 0 heterocycles. The van der Waals surface area contributed by atoms with Crippen molar-refractivity contribution in [3.8, 4) is 0 Å². The Kier molecular flexibility index (Phi) is 4.67. The SMILES string of the molecule is Cc1cc(NC(C(N)=O)C(C)C)ccc1C(N)=S. The molecule has 5 heteroatoms. The van der Waals surface area contributed by atoms with E-state index in [1.54, 1.807) is 0 Å². The minimum absolute atomic E-state index is 0.123. The van der Waals surface area contributed by atoms with Crippen LogP contribution in [0.15, 0.2) is 18.2 Å². The average molecular weight is 265 g/mol. The van der Waals surface area contributed by atoms with E-state index >= 15 is 0 Å². The van der Waals surface area contributed by atoms with Gasteiger partial charge in [0.05, 0.1) is 0 Å². The van der Waals surface area contributed by atoms with Crippen molar-refractivity contribution in [2.24, 2.45) is 17.4 Å². The largest absolute Gasteiger partial charge is 0.389 e. The Bertz CT molecular complexity index is 471. The Labute approximate surface area is 113 Å². The average Bonchev–Trinajstić information content (AvgIpc) is 2.24. The molecule has 0 saturated carbocycles. The summed E-state index contributed by atoms with van der Waals surface area (Å²) >= 11 is 4.95. The smallest absolute Gasteiger partial charge is 0.240 e. The van der Waals surface area contributed by atoms with Gasteiger partial charge in [-0.05, 0) is 36.6 Å². The Hall–Kier alpha value is -1.62. The summed E-state index contributed by atoms with van der Waals surface area (Å²) in [5.74, 6) is -0.237. The maximum absolute atomic E-state index is 11.3. The van der Waals surface area contributed by atoms with E-state index in [1.165, 1.54) is 0 Å². The first-order valence-corrected chi connectivity index (χ1v) is 6.20. The second-order valence-corrected chi connectivity index (χ2v) is 5.10. The molecule has 1 aromatic carbocycles. The maximum atomic E-state index is 11.3. The first-order chi connectivity index (χ1) is 8.32. The number of benzene rings is 1.